The van der Waals surface area contributed by atoms with Crippen LogP contribution in [0.25, 0.3) is 0 Å². The number of carboxylic acids is 4. The highest BCUT2D eigenvalue weighted by Crippen LogP contribution is 2.60. The Morgan fingerprint density at radius 3 is 1.74 bits per heavy atom. The second kappa shape index (κ2) is 6.17. The maximum atomic E-state index is 11.6. The summed E-state index contributed by atoms with van der Waals surface area (Å²) in [6.07, 6.45) is 0.851. The molecule has 0 amide bonds. The highest BCUT2D eigenvalue weighted by molar-refractivity contribution is 5.85. The van der Waals surface area contributed by atoms with Crippen LogP contribution < -0.4 is 0 Å². The van der Waals surface area contributed by atoms with Gasteiger partial charge in [-0.05, 0) is 30.6 Å². The SMILES string of the molecule is CCCC1C(C(=O)O)C(C(=O)O)CC2C(C(=O)O)C(C(=O)O)C12. The smallest absolute Gasteiger partial charge is 0.307 e. The zero-order valence-electron chi connectivity index (χ0n) is 12.6. The summed E-state index contributed by atoms with van der Waals surface area (Å²) in [7, 11) is 0. The highest BCUT2D eigenvalue weighted by Gasteiger charge is 2.65. The van der Waals surface area contributed by atoms with Gasteiger partial charge in [0, 0.05) is 0 Å². The van der Waals surface area contributed by atoms with Crippen LogP contribution in [0, 0.1) is 41.4 Å². The van der Waals surface area contributed by atoms with E-state index in [0.717, 1.165) is 0 Å². The summed E-state index contributed by atoms with van der Waals surface area (Å²) in [6.45, 7) is 1.81. The second-order valence-electron chi connectivity index (χ2n) is 6.47. The number of rotatable bonds is 6. The molecule has 0 spiro atoms. The lowest BCUT2D eigenvalue weighted by Crippen LogP contribution is -2.63. The van der Waals surface area contributed by atoms with Crippen LogP contribution in [0.5, 0.6) is 0 Å². The van der Waals surface area contributed by atoms with E-state index in [0.29, 0.717) is 12.8 Å². The van der Waals surface area contributed by atoms with Crippen molar-refractivity contribution in [2.45, 2.75) is 26.2 Å². The Morgan fingerprint density at radius 1 is 0.826 bits per heavy atom. The fraction of sp³-hybridized carbons (Fsp3) is 0.733. The third-order valence-corrected chi connectivity index (χ3v) is 5.47. The van der Waals surface area contributed by atoms with Crippen molar-refractivity contribution in [1.29, 1.82) is 0 Å². The van der Waals surface area contributed by atoms with E-state index in [-0.39, 0.29) is 6.42 Å². The van der Waals surface area contributed by atoms with E-state index >= 15 is 0 Å². The van der Waals surface area contributed by atoms with Crippen LogP contribution in [-0.4, -0.2) is 44.3 Å². The van der Waals surface area contributed by atoms with E-state index in [4.69, 9.17) is 0 Å². The zero-order valence-corrected chi connectivity index (χ0v) is 12.6. The fourth-order valence-electron chi connectivity index (χ4n) is 4.70. The van der Waals surface area contributed by atoms with Crippen LogP contribution in [0.4, 0.5) is 0 Å². The minimum atomic E-state index is -1.26. The molecule has 8 nitrogen and oxygen atoms in total. The largest absolute Gasteiger partial charge is 0.481 e. The maximum absolute atomic E-state index is 11.6. The summed E-state index contributed by atoms with van der Waals surface area (Å²) < 4.78 is 0. The Morgan fingerprint density at radius 2 is 1.35 bits per heavy atom. The minimum Gasteiger partial charge on any atom is -0.481 e. The van der Waals surface area contributed by atoms with Crippen molar-refractivity contribution in [1.82, 2.24) is 0 Å². The van der Waals surface area contributed by atoms with E-state index < -0.39 is 65.3 Å². The molecule has 0 radical (unpaired) electrons. The van der Waals surface area contributed by atoms with Crippen molar-refractivity contribution in [3.8, 4) is 0 Å². The van der Waals surface area contributed by atoms with Gasteiger partial charge in [0.2, 0.25) is 0 Å². The van der Waals surface area contributed by atoms with Crippen LogP contribution in [0.1, 0.15) is 26.2 Å². The lowest BCUT2D eigenvalue weighted by Gasteiger charge is -2.57. The van der Waals surface area contributed by atoms with Gasteiger partial charge in [0.05, 0.1) is 23.7 Å². The number of carboxylic acid groups (broad SMARTS) is 4. The molecule has 4 N–H and O–H groups in total. The Bertz CT molecular complexity index is 530. The van der Waals surface area contributed by atoms with Crippen molar-refractivity contribution in [3.63, 3.8) is 0 Å². The Hall–Kier alpha value is -2.12. The molecule has 8 heteroatoms. The van der Waals surface area contributed by atoms with Gasteiger partial charge in [-0.2, -0.15) is 0 Å². The molecule has 0 saturated heterocycles. The van der Waals surface area contributed by atoms with Crippen LogP contribution in [0.3, 0.4) is 0 Å². The van der Waals surface area contributed by atoms with E-state index in [1.165, 1.54) is 0 Å². The van der Waals surface area contributed by atoms with Gasteiger partial charge >= 0.3 is 23.9 Å². The quantitative estimate of drug-likeness (QED) is 0.560. The fourth-order valence-corrected chi connectivity index (χ4v) is 4.70. The van der Waals surface area contributed by atoms with Crippen molar-refractivity contribution in [2.75, 3.05) is 0 Å². The predicted octanol–water partition coefficient (Wildman–Crippen LogP) is 0.856. The summed E-state index contributed by atoms with van der Waals surface area (Å²) >= 11 is 0. The molecule has 0 aromatic carbocycles. The first-order chi connectivity index (χ1) is 10.7. The normalized spacial score (nSPS) is 38.9. The van der Waals surface area contributed by atoms with Gasteiger partial charge in [-0.1, -0.05) is 13.3 Å². The summed E-state index contributed by atoms with van der Waals surface area (Å²) in [5.74, 6) is -11.5. The van der Waals surface area contributed by atoms with Gasteiger partial charge in [-0.15, -0.1) is 0 Å². The molecule has 0 aromatic rings. The molecule has 7 unspecified atom stereocenters. The van der Waals surface area contributed by atoms with Gasteiger partial charge in [-0.25, -0.2) is 0 Å². The van der Waals surface area contributed by atoms with Crippen molar-refractivity contribution < 1.29 is 39.6 Å². The molecule has 2 saturated carbocycles. The van der Waals surface area contributed by atoms with Gasteiger partial charge < -0.3 is 20.4 Å². The summed E-state index contributed by atoms with van der Waals surface area (Å²) in [5, 5.41) is 37.4. The van der Waals surface area contributed by atoms with Crippen molar-refractivity contribution >= 4 is 23.9 Å². The molecule has 2 aliphatic carbocycles. The van der Waals surface area contributed by atoms with E-state index in [2.05, 4.69) is 0 Å². The van der Waals surface area contributed by atoms with Crippen LogP contribution in [0.15, 0.2) is 0 Å². The molecule has 0 aliphatic heterocycles. The van der Waals surface area contributed by atoms with E-state index in [1.54, 1.807) is 6.92 Å². The summed E-state index contributed by atoms with van der Waals surface area (Å²) in [5.41, 5.74) is 0. The molecule has 0 bridgehead atoms. The molecular weight excluding hydrogens is 308 g/mol. The molecule has 128 valence electrons. The van der Waals surface area contributed by atoms with Gasteiger partial charge in [-0.3, -0.25) is 19.2 Å². The minimum absolute atomic E-state index is 0.0993. The average Bonchev–Trinajstić information content (AvgIpc) is 2.38. The summed E-state index contributed by atoms with van der Waals surface area (Å²) in [4.78, 5) is 45.9. The van der Waals surface area contributed by atoms with Gasteiger partial charge in [0.1, 0.15) is 0 Å². The molecule has 0 aromatic heterocycles. The molecular formula is C15H20O8. The first-order valence-electron chi connectivity index (χ1n) is 7.63. The first-order valence-corrected chi connectivity index (χ1v) is 7.63. The van der Waals surface area contributed by atoms with Gasteiger partial charge in [0.15, 0.2) is 0 Å². The summed E-state index contributed by atoms with van der Waals surface area (Å²) in [6, 6.07) is 0. The molecule has 7 atom stereocenters. The molecule has 2 rings (SSSR count). The lowest BCUT2D eigenvalue weighted by atomic mass is 9.44. The topological polar surface area (TPSA) is 149 Å². The van der Waals surface area contributed by atoms with Gasteiger partial charge in [0.25, 0.3) is 0 Å². The highest BCUT2D eigenvalue weighted by atomic mass is 16.4. The van der Waals surface area contributed by atoms with Crippen molar-refractivity contribution in [2.24, 2.45) is 41.4 Å². The predicted molar refractivity (Wildman–Crippen MR) is 74.5 cm³/mol. The van der Waals surface area contributed by atoms with Crippen LogP contribution in [-0.2, 0) is 19.2 Å². The third-order valence-electron chi connectivity index (χ3n) is 5.47. The second-order valence-corrected chi connectivity index (χ2v) is 6.47. The number of carbonyl (C=O) groups is 4. The number of hydrogen-bond acceptors (Lipinski definition) is 4. The van der Waals surface area contributed by atoms with Crippen LogP contribution in [0.2, 0.25) is 0 Å². The number of fused-ring (bicyclic) bond motifs is 1. The Labute approximate surface area is 132 Å². The Kier molecular flexibility index (Phi) is 4.63. The lowest BCUT2D eigenvalue weighted by molar-refractivity contribution is -0.199. The first kappa shape index (κ1) is 17.2. The number of hydrogen-bond donors (Lipinski definition) is 4. The average molecular weight is 328 g/mol. The monoisotopic (exact) mass is 328 g/mol. The standard InChI is InChI=1S/C15H20O8/c1-2-3-5-8-6(10(14(20)21)11(8)15(22)23)4-7(12(16)17)9(5)13(18)19/h5-11H,2-4H2,1H3,(H,16,17)(H,18,19)(H,20,21)(H,22,23). The van der Waals surface area contributed by atoms with Crippen LogP contribution >= 0.6 is 0 Å². The maximum Gasteiger partial charge on any atom is 0.307 e. The molecule has 2 aliphatic rings. The van der Waals surface area contributed by atoms with E-state index in [1.807, 2.05) is 0 Å². The van der Waals surface area contributed by atoms with Crippen molar-refractivity contribution in [3.05, 3.63) is 0 Å². The molecule has 0 heterocycles. The third kappa shape index (κ3) is 2.66. The number of aliphatic carboxylic acids is 4. The zero-order chi connectivity index (χ0) is 17.5. The van der Waals surface area contributed by atoms with E-state index in [9.17, 15) is 39.6 Å². The molecule has 2 fully saturated rings. The Balaban J connectivity index is 2.44. The molecule has 23 heavy (non-hydrogen) atoms.